The Morgan fingerprint density at radius 1 is 0.947 bits per heavy atom. The molecule has 0 amide bonds. The summed E-state index contributed by atoms with van der Waals surface area (Å²) in [5, 5.41) is 3.47. The van der Waals surface area contributed by atoms with Crippen LogP contribution in [0.1, 0.15) is 53.9 Å². The zero-order valence-corrected chi connectivity index (χ0v) is 13.8. The molecular formula is C17H34N2. The van der Waals surface area contributed by atoms with E-state index in [1.165, 1.54) is 30.5 Å². The third-order valence-electron chi connectivity index (χ3n) is 3.51. The number of rotatable bonds is 11. The summed E-state index contributed by atoms with van der Waals surface area (Å²) in [6.45, 7) is 16.8. The highest BCUT2D eigenvalue weighted by molar-refractivity contribution is 5.15. The van der Waals surface area contributed by atoms with Crippen LogP contribution >= 0.6 is 0 Å². The van der Waals surface area contributed by atoms with Crippen LogP contribution in [0.15, 0.2) is 23.3 Å². The summed E-state index contributed by atoms with van der Waals surface area (Å²) in [7, 11) is 0. The second-order valence-electron chi connectivity index (χ2n) is 5.31. The fourth-order valence-corrected chi connectivity index (χ4v) is 1.79. The predicted octanol–water partition coefficient (Wildman–Crippen LogP) is 4.00. The van der Waals surface area contributed by atoms with Gasteiger partial charge in [0.2, 0.25) is 0 Å². The highest BCUT2D eigenvalue weighted by Crippen LogP contribution is 2.05. The topological polar surface area (TPSA) is 15.3 Å². The number of allylic oxidation sites excluding steroid dienone is 3. The molecule has 0 aliphatic rings. The van der Waals surface area contributed by atoms with Crippen molar-refractivity contribution in [3.8, 4) is 0 Å². The van der Waals surface area contributed by atoms with Crippen molar-refractivity contribution in [2.45, 2.75) is 53.9 Å². The monoisotopic (exact) mass is 266 g/mol. The minimum Gasteiger partial charge on any atom is -0.315 e. The van der Waals surface area contributed by atoms with Crippen molar-refractivity contribution in [3.05, 3.63) is 23.3 Å². The lowest BCUT2D eigenvalue weighted by Crippen LogP contribution is -2.33. The Morgan fingerprint density at radius 3 is 2.21 bits per heavy atom. The second kappa shape index (κ2) is 12.4. The molecule has 0 fully saturated rings. The number of hydrogen-bond donors (Lipinski definition) is 1. The van der Waals surface area contributed by atoms with E-state index in [-0.39, 0.29) is 0 Å². The average Bonchev–Trinajstić information content (AvgIpc) is 2.43. The Bertz CT molecular complexity index is 266. The smallest absolute Gasteiger partial charge is 0.0107 e. The summed E-state index contributed by atoms with van der Waals surface area (Å²) in [6.07, 6.45) is 8.08. The number of nitrogens with one attached hydrogen (secondary N) is 1. The zero-order valence-electron chi connectivity index (χ0n) is 13.8. The SMILES string of the molecule is CCCNCCN(CC)CC/C(C)=C/C=C(/C)CC. The van der Waals surface area contributed by atoms with Crippen LogP contribution in [-0.4, -0.2) is 37.6 Å². The molecule has 0 bridgehead atoms. The lowest BCUT2D eigenvalue weighted by Gasteiger charge is -2.20. The van der Waals surface area contributed by atoms with Crippen LogP contribution in [0.4, 0.5) is 0 Å². The van der Waals surface area contributed by atoms with Crippen LogP contribution in [0, 0.1) is 0 Å². The first-order valence-corrected chi connectivity index (χ1v) is 7.89. The molecule has 0 unspecified atom stereocenters. The summed E-state index contributed by atoms with van der Waals surface area (Å²) < 4.78 is 0. The Hall–Kier alpha value is -0.600. The maximum atomic E-state index is 3.47. The molecule has 2 nitrogen and oxygen atoms in total. The minimum atomic E-state index is 1.11. The molecule has 112 valence electrons. The molecule has 0 heterocycles. The average molecular weight is 266 g/mol. The largest absolute Gasteiger partial charge is 0.315 e. The van der Waals surface area contributed by atoms with E-state index in [0.29, 0.717) is 0 Å². The molecule has 0 aliphatic heterocycles. The van der Waals surface area contributed by atoms with Crippen molar-refractivity contribution >= 4 is 0 Å². The molecule has 0 rings (SSSR count). The van der Waals surface area contributed by atoms with Gasteiger partial charge in [-0.15, -0.1) is 0 Å². The van der Waals surface area contributed by atoms with Gasteiger partial charge in [-0.05, 0) is 46.2 Å². The Labute approximate surface area is 121 Å². The molecule has 0 radical (unpaired) electrons. The van der Waals surface area contributed by atoms with E-state index in [4.69, 9.17) is 0 Å². The van der Waals surface area contributed by atoms with E-state index in [1.54, 1.807) is 0 Å². The molecule has 2 heteroatoms. The van der Waals surface area contributed by atoms with Crippen molar-refractivity contribution in [1.29, 1.82) is 0 Å². The van der Waals surface area contributed by atoms with Crippen LogP contribution in [0.25, 0.3) is 0 Å². The number of nitrogens with zero attached hydrogens (tertiary/aromatic N) is 1. The van der Waals surface area contributed by atoms with E-state index >= 15 is 0 Å². The lowest BCUT2D eigenvalue weighted by molar-refractivity contribution is 0.290. The van der Waals surface area contributed by atoms with Gasteiger partial charge in [-0.3, -0.25) is 0 Å². The van der Waals surface area contributed by atoms with E-state index in [0.717, 1.165) is 32.6 Å². The number of hydrogen-bond acceptors (Lipinski definition) is 2. The minimum absolute atomic E-state index is 1.11. The standard InChI is InChI=1S/C17H34N2/c1-6-12-18-13-15-19(8-3)14-11-17(5)10-9-16(4)7-2/h9-10,18H,6-8,11-15H2,1-5H3/b16-9-,17-10+. The summed E-state index contributed by atoms with van der Waals surface area (Å²) in [6, 6.07) is 0. The van der Waals surface area contributed by atoms with Gasteiger partial charge in [0, 0.05) is 19.6 Å². The first-order chi connectivity index (χ1) is 9.13. The maximum absolute atomic E-state index is 3.47. The molecule has 0 saturated heterocycles. The normalized spacial score (nSPS) is 13.4. The second-order valence-corrected chi connectivity index (χ2v) is 5.31. The fraction of sp³-hybridized carbons (Fsp3) is 0.765. The van der Waals surface area contributed by atoms with Gasteiger partial charge in [0.1, 0.15) is 0 Å². The van der Waals surface area contributed by atoms with Gasteiger partial charge in [0.25, 0.3) is 0 Å². The third-order valence-corrected chi connectivity index (χ3v) is 3.51. The van der Waals surface area contributed by atoms with E-state index in [2.05, 4.69) is 57.0 Å². The highest BCUT2D eigenvalue weighted by Gasteiger charge is 2.01. The van der Waals surface area contributed by atoms with Gasteiger partial charge in [-0.25, -0.2) is 0 Å². The van der Waals surface area contributed by atoms with Crippen LogP contribution in [-0.2, 0) is 0 Å². The molecule has 0 aromatic heterocycles. The highest BCUT2D eigenvalue weighted by atomic mass is 15.1. The quantitative estimate of drug-likeness (QED) is 0.449. The van der Waals surface area contributed by atoms with Crippen LogP contribution < -0.4 is 5.32 Å². The Balaban J connectivity index is 3.92. The Kier molecular flexibility index (Phi) is 12.0. The summed E-state index contributed by atoms with van der Waals surface area (Å²) in [5.41, 5.74) is 2.93. The molecule has 0 aliphatic carbocycles. The summed E-state index contributed by atoms with van der Waals surface area (Å²) in [4.78, 5) is 2.52. The molecule has 0 spiro atoms. The third kappa shape index (κ3) is 11.0. The summed E-state index contributed by atoms with van der Waals surface area (Å²) >= 11 is 0. The van der Waals surface area contributed by atoms with E-state index < -0.39 is 0 Å². The fourth-order valence-electron chi connectivity index (χ4n) is 1.79. The van der Waals surface area contributed by atoms with Crippen molar-refractivity contribution in [3.63, 3.8) is 0 Å². The zero-order chi connectivity index (χ0) is 14.5. The van der Waals surface area contributed by atoms with Gasteiger partial charge in [0.05, 0.1) is 0 Å². The molecule has 0 aromatic rings. The predicted molar refractivity (Wildman–Crippen MR) is 87.7 cm³/mol. The van der Waals surface area contributed by atoms with Gasteiger partial charge >= 0.3 is 0 Å². The van der Waals surface area contributed by atoms with E-state index in [1.807, 2.05) is 0 Å². The lowest BCUT2D eigenvalue weighted by atomic mass is 10.1. The van der Waals surface area contributed by atoms with Gasteiger partial charge in [0.15, 0.2) is 0 Å². The van der Waals surface area contributed by atoms with Crippen molar-refractivity contribution in [2.75, 3.05) is 32.7 Å². The van der Waals surface area contributed by atoms with Crippen LogP contribution in [0.5, 0.6) is 0 Å². The first kappa shape index (κ1) is 18.4. The van der Waals surface area contributed by atoms with Crippen LogP contribution in [0.3, 0.4) is 0 Å². The Morgan fingerprint density at radius 2 is 1.63 bits per heavy atom. The van der Waals surface area contributed by atoms with E-state index in [9.17, 15) is 0 Å². The van der Waals surface area contributed by atoms with Crippen LogP contribution in [0.2, 0.25) is 0 Å². The van der Waals surface area contributed by atoms with Crippen molar-refractivity contribution < 1.29 is 0 Å². The van der Waals surface area contributed by atoms with Gasteiger partial charge in [-0.1, -0.05) is 44.1 Å². The van der Waals surface area contributed by atoms with Crippen molar-refractivity contribution in [2.24, 2.45) is 0 Å². The first-order valence-electron chi connectivity index (χ1n) is 7.89. The maximum Gasteiger partial charge on any atom is 0.0107 e. The van der Waals surface area contributed by atoms with Gasteiger partial charge in [-0.2, -0.15) is 0 Å². The van der Waals surface area contributed by atoms with Crippen molar-refractivity contribution in [1.82, 2.24) is 10.2 Å². The molecule has 1 N–H and O–H groups in total. The molecule has 0 atom stereocenters. The molecular weight excluding hydrogens is 232 g/mol. The molecule has 0 saturated carbocycles. The van der Waals surface area contributed by atoms with Gasteiger partial charge < -0.3 is 10.2 Å². The molecule has 0 aromatic carbocycles. The molecule has 19 heavy (non-hydrogen) atoms. The number of likely N-dealkylation sites (N-methyl/N-ethyl adjacent to an activating group) is 1. The summed E-state index contributed by atoms with van der Waals surface area (Å²) in [5.74, 6) is 0.